The molecule has 0 saturated carbocycles. The van der Waals surface area contributed by atoms with Crippen molar-refractivity contribution in [3.63, 3.8) is 0 Å². The molecule has 0 unspecified atom stereocenters. The Morgan fingerprint density at radius 2 is 1.83 bits per heavy atom. The van der Waals surface area contributed by atoms with Crippen LogP contribution in [-0.4, -0.2) is 32.8 Å². The lowest BCUT2D eigenvalue weighted by molar-refractivity contribution is 0.0963. The lowest BCUT2D eigenvalue weighted by Gasteiger charge is -2.15. The van der Waals surface area contributed by atoms with E-state index in [0.717, 1.165) is 60.9 Å². The molecule has 0 bridgehead atoms. The number of hydrogen-bond acceptors (Lipinski definition) is 6. The number of carbonyl (C=O) groups excluding carboxylic acids is 2. The van der Waals surface area contributed by atoms with Crippen LogP contribution >= 0.6 is 11.3 Å². The lowest BCUT2D eigenvalue weighted by Crippen LogP contribution is -2.32. The van der Waals surface area contributed by atoms with Crippen LogP contribution in [-0.2, 0) is 19.4 Å². The fraction of sp³-hybridized carbons (Fsp3) is 0.452. The molecule has 4 heterocycles. The quantitative estimate of drug-likeness (QED) is 0.175. The monoisotopic (exact) mass is 574 g/mol. The Morgan fingerprint density at radius 3 is 2.61 bits per heavy atom. The molecule has 41 heavy (non-hydrogen) atoms. The van der Waals surface area contributed by atoms with E-state index in [9.17, 15) is 14.4 Å². The number of pyridine rings is 2. The molecule has 3 N–H and O–H groups in total. The van der Waals surface area contributed by atoms with Crippen LogP contribution in [0.2, 0.25) is 0 Å². The highest BCUT2D eigenvalue weighted by Crippen LogP contribution is 2.38. The number of thiophene rings is 1. The molecular formula is C31H38N6O3S. The van der Waals surface area contributed by atoms with Crippen LogP contribution in [0.5, 0.6) is 0 Å². The van der Waals surface area contributed by atoms with Crippen LogP contribution in [0, 0.1) is 12.3 Å². The molecule has 1 aliphatic carbocycles. The molecule has 10 heteroatoms. The third-order valence-corrected chi connectivity index (χ3v) is 9.17. The number of fused-ring (bicyclic) bond motifs is 3. The van der Waals surface area contributed by atoms with Gasteiger partial charge in [0.2, 0.25) is 0 Å². The Bertz CT molecular complexity index is 1750. The number of amides is 2. The van der Waals surface area contributed by atoms with Crippen molar-refractivity contribution in [1.82, 2.24) is 19.3 Å². The molecule has 5 rings (SSSR count). The van der Waals surface area contributed by atoms with Gasteiger partial charge in [-0.1, -0.05) is 45.1 Å². The van der Waals surface area contributed by atoms with E-state index in [1.807, 2.05) is 13.0 Å². The summed E-state index contributed by atoms with van der Waals surface area (Å²) in [6.07, 6.45) is 11.9. The minimum Gasteiger partial charge on any atom is -0.355 e. The fourth-order valence-corrected chi connectivity index (χ4v) is 7.01. The van der Waals surface area contributed by atoms with Crippen LogP contribution in [0.3, 0.4) is 0 Å². The lowest BCUT2D eigenvalue weighted by atomic mass is 9.95. The van der Waals surface area contributed by atoms with E-state index in [4.69, 9.17) is 10.4 Å². The zero-order valence-electron chi connectivity index (χ0n) is 24.1. The molecule has 4 aromatic heterocycles. The van der Waals surface area contributed by atoms with Gasteiger partial charge in [-0.2, -0.15) is 0 Å². The number of nitrogens with one attached hydrogen (secondary N) is 3. The fourth-order valence-electron chi connectivity index (χ4n) is 5.73. The first kappa shape index (κ1) is 28.7. The van der Waals surface area contributed by atoms with Gasteiger partial charge < -0.3 is 15.2 Å². The molecule has 1 aliphatic rings. The van der Waals surface area contributed by atoms with Crippen LogP contribution in [0.4, 0.5) is 5.00 Å². The van der Waals surface area contributed by atoms with Gasteiger partial charge in [0, 0.05) is 24.7 Å². The molecule has 216 valence electrons. The summed E-state index contributed by atoms with van der Waals surface area (Å²) >= 11 is 1.43. The molecule has 0 radical (unpaired) electrons. The number of hydrogen-bond donors (Lipinski definition) is 3. The Kier molecular flexibility index (Phi) is 8.68. The smallest absolute Gasteiger partial charge is 0.267 e. The predicted molar refractivity (Wildman–Crippen MR) is 163 cm³/mol. The molecule has 4 aromatic rings. The zero-order chi connectivity index (χ0) is 29.1. The maximum atomic E-state index is 13.8. The number of carbonyl (C=O) groups is 2. The van der Waals surface area contributed by atoms with Crippen molar-refractivity contribution < 1.29 is 9.59 Å². The third-order valence-electron chi connectivity index (χ3n) is 7.97. The van der Waals surface area contributed by atoms with E-state index in [0.29, 0.717) is 28.4 Å². The summed E-state index contributed by atoms with van der Waals surface area (Å²) < 4.78 is 3.20. The van der Waals surface area contributed by atoms with Gasteiger partial charge in [-0.25, -0.2) is 4.98 Å². The molecule has 0 fully saturated rings. The highest BCUT2D eigenvalue weighted by Gasteiger charge is 2.27. The summed E-state index contributed by atoms with van der Waals surface area (Å²) in [7, 11) is 1.59. The van der Waals surface area contributed by atoms with Crippen LogP contribution < -0.4 is 21.7 Å². The summed E-state index contributed by atoms with van der Waals surface area (Å²) in [5, 5.41) is 15.5. The minimum atomic E-state index is -0.508. The summed E-state index contributed by atoms with van der Waals surface area (Å²) in [5.41, 5.74) is 3.14. The summed E-state index contributed by atoms with van der Waals surface area (Å²) in [4.78, 5) is 46.2. The minimum absolute atomic E-state index is 0.0104. The first-order chi connectivity index (χ1) is 19.8. The molecule has 2 amide bonds. The van der Waals surface area contributed by atoms with Crippen molar-refractivity contribution >= 4 is 44.8 Å². The summed E-state index contributed by atoms with van der Waals surface area (Å²) in [6.45, 7) is 4.57. The van der Waals surface area contributed by atoms with Crippen LogP contribution in [0.25, 0.3) is 16.7 Å². The maximum absolute atomic E-state index is 13.8. The molecule has 0 atom stereocenters. The number of unbranched alkanes of at least 4 members (excludes halogenated alkanes) is 5. The largest absolute Gasteiger partial charge is 0.355 e. The molecule has 9 nitrogen and oxygen atoms in total. The number of aryl methyl sites for hydroxylation is 3. The van der Waals surface area contributed by atoms with E-state index in [1.165, 1.54) is 41.1 Å². The van der Waals surface area contributed by atoms with E-state index in [-0.39, 0.29) is 27.9 Å². The third kappa shape index (κ3) is 5.57. The predicted octanol–water partition coefficient (Wildman–Crippen LogP) is 5.35. The molecule has 0 saturated heterocycles. The van der Waals surface area contributed by atoms with E-state index >= 15 is 0 Å². The Hall–Kier alpha value is -3.79. The average Bonchev–Trinajstić information content (AvgIpc) is 3.33. The van der Waals surface area contributed by atoms with E-state index in [1.54, 1.807) is 23.9 Å². The van der Waals surface area contributed by atoms with Gasteiger partial charge in [-0.15, -0.1) is 11.3 Å². The zero-order valence-corrected chi connectivity index (χ0v) is 24.9. The SMILES string of the molecule is CCCCCCCCn1c(=N)c(C(=O)Nc2sc3c(c2C(=O)NC)CCCC3)cc2c(=O)n3cccc(C)c3nc21. The second-order valence-electron chi connectivity index (χ2n) is 10.8. The normalized spacial score (nSPS) is 13.0. The van der Waals surface area contributed by atoms with Gasteiger partial charge in [-0.05, 0) is 62.3 Å². The Morgan fingerprint density at radius 1 is 1.07 bits per heavy atom. The summed E-state index contributed by atoms with van der Waals surface area (Å²) in [6, 6.07) is 5.19. The van der Waals surface area contributed by atoms with Gasteiger partial charge in [0.25, 0.3) is 17.4 Å². The summed E-state index contributed by atoms with van der Waals surface area (Å²) in [5.74, 6) is -0.738. The molecule has 0 spiro atoms. The Balaban J connectivity index is 1.59. The highest BCUT2D eigenvalue weighted by molar-refractivity contribution is 7.17. The van der Waals surface area contributed by atoms with Crippen molar-refractivity contribution in [2.24, 2.45) is 0 Å². The van der Waals surface area contributed by atoms with Gasteiger partial charge in [-0.3, -0.25) is 24.2 Å². The van der Waals surface area contributed by atoms with E-state index < -0.39 is 5.91 Å². The number of rotatable bonds is 10. The molecule has 0 aliphatic heterocycles. The molecular weight excluding hydrogens is 536 g/mol. The first-order valence-corrected chi connectivity index (χ1v) is 15.5. The number of nitrogens with zero attached hydrogens (tertiary/aromatic N) is 3. The number of aromatic nitrogens is 3. The first-order valence-electron chi connectivity index (χ1n) is 14.6. The highest BCUT2D eigenvalue weighted by atomic mass is 32.1. The standard InChI is InChI=1S/C31H38N6O3S/c1-4-5-6-7-8-11-16-36-25(32)21(18-22-27(36)34-26-19(2)13-12-17-37(26)31(22)40)28(38)35-30-24(29(39)33-3)20-14-9-10-15-23(20)41-30/h12-13,17-18,32H,4-11,14-16H2,1-3H3,(H,33,39)(H,35,38). The van der Waals surface area contributed by atoms with Gasteiger partial charge in [0.05, 0.1) is 16.5 Å². The van der Waals surface area contributed by atoms with Crippen molar-refractivity contribution in [2.75, 3.05) is 12.4 Å². The van der Waals surface area contributed by atoms with Crippen LogP contribution in [0.1, 0.15) is 95.0 Å². The van der Waals surface area contributed by atoms with Crippen molar-refractivity contribution in [3.05, 3.63) is 67.4 Å². The van der Waals surface area contributed by atoms with Gasteiger partial charge in [0.1, 0.15) is 21.8 Å². The van der Waals surface area contributed by atoms with Crippen molar-refractivity contribution in [2.45, 2.75) is 84.6 Å². The maximum Gasteiger partial charge on any atom is 0.267 e. The second kappa shape index (κ2) is 12.4. The average molecular weight is 575 g/mol. The topological polar surface area (TPSA) is 121 Å². The molecule has 0 aromatic carbocycles. The Labute approximate surface area is 243 Å². The van der Waals surface area contributed by atoms with Gasteiger partial charge in [0.15, 0.2) is 0 Å². The van der Waals surface area contributed by atoms with E-state index in [2.05, 4.69) is 17.6 Å². The second-order valence-corrected chi connectivity index (χ2v) is 11.9. The van der Waals surface area contributed by atoms with Crippen molar-refractivity contribution in [1.29, 1.82) is 5.41 Å². The number of anilines is 1. The van der Waals surface area contributed by atoms with Crippen LogP contribution in [0.15, 0.2) is 29.2 Å². The van der Waals surface area contributed by atoms with Crippen molar-refractivity contribution in [3.8, 4) is 0 Å². The van der Waals surface area contributed by atoms with Gasteiger partial charge >= 0.3 is 0 Å².